The van der Waals surface area contributed by atoms with Crippen molar-refractivity contribution < 1.29 is 13.6 Å². The van der Waals surface area contributed by atoms with Crippen LogP contribution in [0.2, 0.25) is 0 Å². The van der Waals surface area contributed by atoms with E-state index in [0.717, 1.165) is 22.6 Å². The van der Waals surface area contributed by atoms with E-state index in [1.54, 1.807) is 12.1 Å². The van der Waals surface area contributed by atoms with Crippen molar-refractivity contribution >= 4 is 29.4 Å². The molecule has 1 aromatic heterocycles. The minimum absolute atomic E-state index is 0.609. The molecule has 0 bridgehead atoms. The third-order valence-corrected chi connectivity index (χ3v) is 3.96. The number of thiophene rings is 1. The molecule has 0 atom stereocenters. The second-order valence-electron chi connectivity index (χ2n) is 2.95. The molecule has 1 nitrogen and oxygen atoms in total. The zero-order chi connectivity index (χ0) is 11.5. The summed E-state index contributed by atoms with van der Waals surface area (Å²) in [5, 5.41) is 0. The molecule has 0 radical (unpaired) electrons. The molecule has 0 aliphatic heterocycles. The first-order valence-corrected chi connectivity index (χ1v) is 6.00. The molecule has 0 saturated heterocycles. The zero-order valence-corrected chi connectivity index (χ0v) is 9.58. The molecule has 2 rings (SSSR count). The van der Waals surface area contributed by atoms with Crippen molar-refractivity contribution in [2.75, 3.05) is 0 Å². The highest BCUT2D eigenvalue weighted by Crippen LogP contribution is 2.33. The Kier molecular flexibility index (Phi) is 3.36. The van der Waals surface area contributed by atoms with Crippen LogP contribution < -0.4 is 0 Å². The van der Waals surface area contributed by atoms with Crippen molar-refractivity contribution in [3.8, 4) is 0 Å². The summed E-state index contributed by atoms with van der Waals surface area (Å²) in [7, 11) is 0. The van der Waals surface area contributed by atoms with Crippen LogP contribution in [0, 0.1) is 11.6 Å². The lowest BCUT2D eigenvalue weighted by Crippen LogP contribution is -1.82. The van der Waals surface area contributed by atoms with Crippen molar-refractivity contribution in [3.63, 3.8) is 0 Å². The Morgan fingerprint density at radius 1 is 1.12 bits per heavy atom. The van der Waals surface area contributed by atoms with Gasteiger partial charge in [0.05, 0.1) is 9.09 Å². The molecule has 82 valence electrons. The molecule has 0 amide bonds. The first-order chi connectivity index (χ1) is 7.69. The maximum atomic E-state index is 12.9. The van der Waals surface area contributed by atoms with Gasteiger partial charge in [0.2, 0.25) is 0 Å². The van der Waals surface area contributed by atoms with Crippen molar-refractivity contribution in [1.29, 1.82) is 0 Å². The van der Waals surface area contributed by atoms with Gasteiger partial charge in [-0.15, -0.1) is 11.3 Å². The Balaban J connectivity index is 2.20. The SMILES string of the molecule is O=Cc1ccc(Sc2ccc(F)c(F)c2)s1. The summed E-state index contributed by atoms with van der Waals surface area (Å²) in [6.45, 7) is 0. The first-order valence-electron chi connectivity index (χ1n) is 4.37. The molecule has 2 aromatic rings. The van der Waals surface area contributed by atoms with Gasteiger partial charge in [-0.3, -0.25) is 4.79 Å². The van der Waals surface area contributed by atoms with E-state index in [-0.39, 0.29) is 0 Å². The first kappa shape index (κ1) is 11.3. The van der Waals surface area contributed by atoms with Crippen molar-refractivity contribution in [1.82, 2.24) is 0 Å². The van der Waals surface area contributed by atoms with E-state index in [1.165, 1.54) is 29.2 Å². The van der Waals surface area contributed by atoms with Gasteiger partial charge >= 0.3 is 0 Å². The molecule has 5 heteroatoms. The van der Waals surface area contributed by atoms with E-state index in [1.807, 2.05) is 0 Å². The van der Waals surface area contributed by atoms with Gasteiger partial charge in [-0.05, 0) is 30.3 Å². The minimum Gasteiger partial charge on any atom is -0.297 e. The van der Waals surface area contributed by atoms with E-state index in [9.17, 15) is 13.6 Å². The standard InChI is InChI=1S/C11H6F2OS2/c12-9-3-1-7(5-10(9)13)15-11-4-2-8(6-14)16-11/h1-6H. The van der Waals surface area contributed by atoms with E-state index in [2.05, 4.69) is 0 Å². The molecule has 0 unspecified atom stereocenters. The van der Waals surface area contributed by atoms with Crippen LogP contribution in [0.5, 0.6) is 0 Å². The Morgan fingerprint density at radius 2 is 1.94 bits per heavy atom. The number of carbonyl (C=O) groups excluding carboxylic acids is 1. The Hall–Kier alpha value is -1.20. The van der Waals surface area contributed by atoms with E-state index in [0.29, 0.717) is 9.77 Å². The number of hydrogen-bond acceptors (Lipinski definition) is 3. The molecular weight excluding hydrogens is 250 g/mol. The van der Waals surface area contributed by atoms with Gasteiger partial charge in [0.15, 0.2) is 17.9 Å². The zero-order valence-electron chi connectivity index (χ0n) is 7.94. The van der Waals surface area contributed by atoms with Gasteiger partial charge < -0.3 is 0 Å². The summed E-state index contributed by atoms with van der Waals surface area (Å²) in [6, 6.07) is 7.20. The lowest BCUT2D eigenvalue weighted by Gasteiger charge is -1.98. The number of rotatable bonds is 3. The van der Waals surface area contributed by atoms with Crippen LogP contribution in [-0.4, -0.2) is 6.29 Å². The fourth-order valence-corrected chi connectivity index (χ4v) is 3.07. The molecular formula is C11H6F2OS2. The summed E-state index contributed by atoms with van der Waals surface area (Å²) in [6.07, 6.45) is 0.764. The van der Waals surface area contributed by atoms with Gasteiger partial charge in [-0.2, -0.15) is 0 Å². The second-order valence-corrected chi connectivity index (χ2v) is 5.44. The molecule has 1 heterocycles. The Bertz CT molecular complexity index is 522. The normalized spacial score (nSPS) is 10.4. The molecule has 0 fully saturated rings. The Morgan fingerprint density at radius 3 is 2.56 bits per heavy atom. The largest absolute Gasteiger partial charge is 0.297 e. The van der Waals surface area contributed by atoms with Crippen molar-refractivity contribution in [2.24, 2.45) is 0 Å². The third kappa shape index (κ3) is 2.48. The summed E-state index contributed by atoms with van der Waals surface area (Å²) in [5.41, 5.74) is 0. The topological polar surface area (TPSA) is 17.1 Å². The van der Waals surface area contributed by atoms with Crippen LogP contribution >= 0.6 is 23.1 Å². The van der Waals surface area contributed by atoms with Gasteiger partial charge in [0.1, 0.15) is 0 Å². The van der Waals surface area contributed by atoms with Crippen LogP contribution in [0.4, 0.5) is 8.78 Å². The molecule has 0 saturated carbocycles. The average Bonchev–Trinajstić information content (AvgIpc) is 2.71. The summed E-state index contributed by atoms with van der Waals surface area (Å²) in [5.74, 6) is -1.72. The number of halogens is 2. The molecule has 1 aromatic carbocycles. The number of hydrogen-bond donors (Lipinski definition) is 0. The summed E-state index contributed by atoms with van der Waals surface area (Å²) >= 11 is 2.62. The van der Waals surface area contributed by atoms with Gasteiger partial charge in [0.25, 0.3) is 0 Å². The number of carbonyl (C=O) groups is 1. The highest BCUT2D eigenvalue weighted by molar-refractivity contribution is 8.01. The van der Waals surface area contributed by atoms with Crippen molar-refractivity contribution in [3.05, 3.63) is 46.8 Å². The maximum absolute atomic E-state index is 12.9. The predicted molar refractivity (Wildman–Crippen MR) is 60.2 cm³/mol. The summed E-state index contributed by atoms with van der Waals surface area (Å²) in [4.78, 5) is 11.7. The second kappa shape index (κ2) is 4.76. The highest BCUT2D eigenvalue weighted by atomic mass is 32.2. The fourth-order valence-electron chi connectivity index (χ4n) is 1.11. The molecule has 0 spiro atoms. The fraction of sp³-hybridized carbons (Fsp3) is 0. The van der Waals surface area contributed by atoms with Gasteiger partial charge in [0, 0.05) is 4.90 Å². The van der Waals surface area contributed by atoms with E-state index in [4.69, 9.17) is 0 Å². The monoisotopic (exact) mass is 256 g/mol. The third-order valence-electron chi connectivity index (χ3n) is 1.83. The van der Waals surface area contributed by atoms with E-state index >= 15 is 0 Å². The van der Waals surface area contributed by atoms with Gasteiger partial charge in [-0.25, -0.2) is 8.78 Å². The van der Waals surface area contributed by atoms with Crippen LogP contribution in [0.15, 0.2) is 39.4 Å². The predicted octanol–water partition coefficient (Wildman–Crippen LogP) is 3.99. The lowest BCUT2D eigenvalue weighted by molar-refractivity contribution is 0.112. The van der Waals surface area contributed by atoms with Crippen LogP contribution in [0.1, 0.15) is 9.67 Å². The van der Waals surface area contributed by atoms with E-state index < -0.39 is 11.6 Å². The minimum atomic E-state index is -0.864. The van der Waals surface area contributed by atoms with Crippen LogP contribution in [-0.2, 0) is 0 Å². The van der Waals surface area contributed by atoms with Crippen molar-refractivity contribution in [2.45, 2.75) is 9.10 Å². The average molecular weight is 256 g/mol. The number of benzene rings is 1. The van der Waals surface area contributed by atoms with Gasteiger partial charge in [-0.1, -0.05) is 11.8 Å². The number of aldehydes is 1. The molecule has 16 heavy (non-hydrogen) atoms. The smallest absolute Gasteiger partial charge is 0.160 e. The molecule has 0 aliphatic rings. The summed E-state index contributed by atoms with van der Waals surface area (Å²) < 4.78 is 26.4. The highest BCUT2D eigenvalue weighted by Gasteiger charge is 2.05. The lowest BCUT2D eigenvalue weighted by atomic mass is 10.3. The quantitative estimate of drug-likeness (QED) is 0.772. The van der Waals surface area contributed by atoms with Crippen LogP contribution in [0.25, 0.3) is 0 Å². The molecule has 0 aliphatic carbocycles. The maximum Gasteiger partial charge on any atom is 0.160 e. The Labute approximate surface area is 99.1 Å². The van der Waals surface area contributed by atoms with Crippen LogP contribution in [0.3, 0.4) is 0 Å². The molecule has 0 N–H and O–H groups in total.